The quantitative estimate of drug-likeness (QED) is 0.671. The zero-order valence-corrected chi connectivity index (χ0v) is 11.9. The molecule has 0 bridgehead atoms. The lowest BCUT2D eigenvalue weighted by Gasteiger charge is -2.11. The van der Waals surface area contributed by atoms with Crippen LogP contribution in [0.25, 0.3) is 0 Å². The number of nitro groups is 1. The first kappa shape index (κ1) is 14.6. The van der Waals surface area contributed by atoms with Crippen LogP contribution in [-0.2, 0) is 11.2 Å². The zero-order valence-electron chi connectivity index (χ0n) is 10.3. The Balaban J connectivity index is 2.76. The number of halogens is 1. The molecule has 0 radical (unpaired) electrons. The summed E-state index contributed by atoms with van der Waals surface area (Å²) in [5.74, 6) is -0.124. The highest BCUT2D eigenvalue weighted by molar-refractivity contribution is 9.10. The van der Waals surface area contributed by atoms with E-state index in [4.69, 9.17) is 0 Å². The highest BCUT2D eigenvalue weighted by Gasteiger charge is 2.14. The molecule has 5 nitrogen and oxygen atoms in total. The first-order chi connectivity index (χ1) is 8.43. The molecule has 0 aliphatic carbocycles. The van der Waals surface area contributed by atoms with Crippen molar-refractivity contribution in [1.29, 1.82) is 0 Å². The van der Waals surface area contributed by atoms with E-state index in [1.165, 1.54) is 6.07 Å². The molecule has 0 spiro atoms. The number of carbonyl (C=O) groups is 1. The van der Waals surface area contributed by atoms with Gasteiger partial charge in [0.1, 0.15) is 0 Å². The SMILES string of the molecule is CC[C@H](C)NC(=O)Cc1ccc(Br)c([N+](=O)[O-])c1. The van der Waals surface area contributed by atoms with Crippen LogP contribution in [0.15, 0.2) is 22.7 Å². The van der Waals surface area contributed by atoms with Crippen molar-refractivity contribution in [3.8, 4) is 0 Å². The molecule has 1 atom stereocenters. The lowest BCUT2D eigenvalue weighted by molar-refractivity contribution is -0.385. The van der Waals surface area contributed by atoms with Crippen molar-refractivity contribution >= 4 is 27.5 Å². The maximum Gasteiger partial charge on any atom is 0.283 e. The number of nitrogens with zero attached hydrogens (tertiary/aromatic N) is 1. The summed E-state index contributed by atoms with van der Waals surface area (Å²) in [4.78, 5) is 21.9. The van der Waals surface area contributed by atoms with Crippen LogP contribution in [0.3, 0.4) is 0 Å². The third-order valence-corrected chi connectivity index (χ3v) is 3.26. The standard InChI is InChI=1S/C12H15BrN2O3/c1-3-8(2)14-12(16)7-9-4-5-10(13)11(6-9)15(17)18/h4-6,8H,3,7H2,1-2H3,(H,14,16)/t8-/m0/s1. The van der Waals surface area contributed by atoms with E-state index in [1.54, 1.807) is 12.1 Å². The van der Waals surface area contributed by atoms with E-state index in [0.29, 0.717) is 10.0 Å². The topological polar surface area (TPSA) is 72.2 Å². The fourth-order valence-corrected chi connectivity index (χ4v) is 1.81. The van der Waals surface area contributed by atoms with Gasteiger partial charge in [-0.25, -0.2) is 0 Å². The Hall–Kier alpha value is -1.43. The summed E-state index contributed by atoms with van der Waals surface area (Å²) >= 11 is 3.11. The molecular weight excluding hydrogens is 300 g/mol. The fraction of sp³-hybridized carbons (Fsp3) is 0.417. The van der Waals surface area contributed by atoms with Crippen LogP contribution in [0.5, 0.6) is 0 Å². The van der Waals surface area contributed by atoms with E-state index < -0.39 is 4.92 Å². The zero-order chi connectivity index (χ0) is 13.7. The summed E-state index contributed by atoms with van der Waals surface area (Å²) in [6.07, 6.45) is 1.00. The normalized spacial score (nSPS) is 11.9. The lowest BCUT2D eigenvalue weighted by Crippen LogP contribution is -2.33. The molecule has 1 aromatic carbocycles. The summed E-state index contributed by atoms with van der Waals surface area (Å²) in [5, 5.41) is 13.6. The Labute approximate surface area is 114 Å². The second-order valence-electron chi connectivity index (χ2n) is 4.10. The van der Waals surface area contributed by atoms with Gasteiger partial charge in [-0.3, -0.25) is 14.9 Å². The molecule has 6 heteroatoms. The Morgan fingerprint density at radius 3 is 2.78 bits per heavy atom. The van der Waals surface area contributed by atoms with Crippen molar-refractivity contribution in [1.82, 2.24) is 5.32 Å². The molecule has 18 heavy (non-hydrogen) atoms. The van der Waals surface area contributed by atoms with Gasteiger partial charge in [-0.1, -0.05) is 13.0 Å². The van der Waals surface area contributed by atoms with Crippen LogP contribution < -0.4 is 5.32 Å². The maximum atomic E-state index is 11.7. The van der Waals surface area contributed by atoms with E-state index in [9.17, 15) is 14.9 Å². The molecule has 0 unspecified atom stereocenters. The minimum absolute atomic E-state index is 0.0242. The first-order valence-corrected chi connectivity index (χ1v) is 6.45. The summed E-state index contributed by atoms with van der Waals surface area (Å²) < 4.78 is 0.415. The van der Waals surface area contributed by atoms with Gasteiger partial charge < -0.3 is 5.32 Å². The van der Waals surface area contributed by atoms with Gasteiger partial charge in [0.15, 0.2) is 0 Å². The number of hydrogen-bond acceptors (Lipinski definition) is 3. The molecule has 0 fully saturated rings. The predicted octanol–water partition coefficient (Wildman–Crippen LogP) is 2.81. The summed E-state index contributed by atoms with van der Waals surface area (Å²) in [6, 6.07) is 4.82. The van der Waals surface area contributed by atoms with Gasteiger partial charge in [0.2, 0.25) is 5.91 Å². The van der Waals surface area contributed by atoms with Crippen LogP contribution in [0.2, 0.25) is 0 Å². The van der Waals surface area contributed by atoms with Gasteiger partial charge in [-0.15, -0.1) is 0 Å². The van der Waals surface area contributed by atoms with Gasteiger partial charge in [-0.2, -0.15) is 0 Å². The number of amides is 1. The van der Waals surface area contributed by atoms with Gasteiger partial charge in [0.25, 0.3) is 5.69 Å². The van der Waals surface area contributed by atoms with E-state index in [-0.39, 0.29) is 24.1 Å². The number of nitro benzene ring substituents is 1. The molecule has 1 amide bonds. The number of carbonyl (C=O) groups excluding carboxylic acids is 1. The van der Waals surface area contributed by atoms with Crippen molar-refractivity contribution in [2.75, 3.05) is 0 Å². The number of benzene rings is 1. The van der Waals surface area contributed by atoms with Gasteiger partial charge in [0.05, 0.1) is 15.8 Å². The van der Waals surface area contributed by atoms with Crippen molar-refractivity contribution in [2.24, 2.45) is 0 Å². The molecule has 0 saturated carbocycles. The molecule has 1 N–H and O–H groups in total. The molecular formula is C12H15BrN2O3. The van der Waals surface area contributed by atoms with Gasteiger partial charge >= 0.3 is 0 Å². The number of hydrogen-bond donors (Lipinski definition) is 1. The van der Waals surface area contributed by atoms with Crippen LogP contribution >= 0.6 is 15.9 Å². The second kappa shape index (κ2) is 6.49. The minimum atomic E-state index is -0.472. The average molecular weight is 315 g/mol. The van der Waals surface area contributed by atoms with Crippen molar-refractivity contribution in [3.63, 3.8) is 0 Å². The van der Waals surface area contributed by atoms with Crippen molar-refractivity contribution in [3.05, 3.63) is 38.3 Å². The van der Waals surface area contributed by atoms with E-state index in [1.807, 2.05) is 13.8 Å². The van der Waals surface area contributed by atoms with Crippen LogP contribution in [-0.4, -0.2) is 16.9 Å². The second-order valence-corrected chi connectivity index (χ2v) is 4.95. The summed E-state index contributed by atoms with van der Waals surface area (Å²) in [6.45, 7) is 3.90. The predicted molar refractivity (Wildman–Crippen MR) is 72.4 cm³/mol. The van der Waals surface area contributed by atoms with Crippen LogP contribution in [0, 0.1) is 10.1 Å². The minimum Gasteiger partial charge on any atom is -0.353 e. The van der Waals surface area contributed by atoms with E-state index in [2.05, 4.69) is 21.2 Å². The lowest BCUT2D eigenvalue weighted by atomic mass is 10.1. The number of nitrogens with one attached hydrogen (secondary N) is 1. The molecule has 0 aliphatic heterocycles. The molecule has 1 rings (SSSR count). The first-order valence-electron chi connectivity index (χ1n) is 5.66. The Morgan fingerprint density at radius 1 is 1.56 bits per heavy atom. The smallest absolute Gasteiger partial charge is 0.283 e. The average Bonchev–Trinajstić information content (AvgIpc) is 2.31. The summed E-state index contributed by atoms with van der Waals surface area (Å²) in [7, 11) is 0. The molecule has 0 saturated heterocycles. The molecule has 1 aromatic rings. The largest absolute Gasteiger partial charge is 0.353 e. The maximum absolute atomic E-state index is 11.7. The molecule has 98 valence electrons. The van der Waals surface area contributed by atoms with E-state index in [0.717, 1.165) is 6.42 Å². The van der Waals surface area contributed by atoms with E-state index >= 15 is 0 Å². The molecule has 0 aliphatic rings. The van der Waals surface area contributed by atoms with Crippen molar-refractivity contribution in [2.45, 2.75) is 32.7 Å². The van der Waals surface area contributed by atoms with Gasteiger partial charge in [0, 0.05) is 12.1 Å². The number of rotatable bonds is 5. The highest BCUT2D eigenvalue weighted by Crippen LogP contribution is 2.25. The Bertz CT molecular complexity index is 463. The molecule has 0 heterocycles. The Kier molecular flexibility index (Phi) is 5.27. The van der Waals surface area contributed by atoms with Gasteiger partial charge in [-0.05, 0) is 40.9 Å². The summed E-state index contributed by atoms with van der Waals surface area (Å²) in [5.41, 5.74) is 0.606. The fourth-order valence-electron chi connectivity index (χ4n) is 1.42. The highest BCUT2D eigenvalue weighted by atomic mass is 79.9. The van der Waals surface area contributed by atoms with Crippen LogP contribution in [0.4, 0.5) is 5.69 Å². The van der Waals surface area contributed by atoms with Crippen LogP contribution in [0.1, 0.15) is 25.8 Å². The third kappa shape index (κ3) is 4.10. The Morgan fingerprint density at radius 2 is 2.22 bits per heavy atom. The van der Waals surface area contributed by atoms with Crippen molar-refractivity contribution < 1.29 is 9.72 Å². The third-order valence-electron chi connectivity index (χ3n) is 2.59. The molecule has 0 aromatic heterocycles. The monoisotopic (exact) mass is 314 g/mol.